The molecule has 0 bridgehead atoms. The number of rotatable bonds is 1. The molecule has 0 radical (unpaired) electrons. The van der Waals surface area contributed by atoms with Gasteiger partial charge in [0.25, 0.3) is 5.65 Å². The fourth-order valence-corrected chi connectivity index (χ4v) is 3.02. The van der Waals surface area contributed by atoms with Crippen molar-refractivity contribution in [2.24, 2.45) is 0 Å². The lowest BCUT2D eigenvalue weighted by Crippen LogP contribution is -2.41. The average molecular weight is 356 g/mol. The molecule has 3 aromatic heterocycles. The number of alkyl halides is 3. The van der Waals surface area contributed by atoms with Crippen molar-refractivity contribution in [2.75, 3.05) is 0 Å². The summed E-state index contributed by atoms with van der Waals surface area (Å²) in [6, 6.07) is 14.5. The summed E-state index contributed by atoms with van der Waals surface area (Å²) >= 11 is 0. The fraction of sp³-hybridized carbons (Fsp3) is 0.0526. The Balaban J connectivity index is 2.28. The van der Waals surface area contributed by atoms with Gasteiger partial charge in [0.05, 0.1) is 11.8 Å². The van der Waals surface area contributed by atoms with Crippen LogP contribution in [0.3, 0.4) is 0 Å². The average Bonchev–Trinajstić information content (AvgIpc) is 2.96. The minimum Gasteiger partial charge on any atom is -0.869 e. The third-order valence-electron chi connectivity index (χ3n) is 4.16. The van der Waals surface area contributed by atoms with Crippen LogP contribution in [0.1, 0.15) is 11.1 Å². The van der Waals surface area contributed by atoms with Crippen LogP contribution in [0, 0.1) is 0 Å². The Labute approximate surface area is 144 Å². The highest BCUT2D eigenvalue weighted by atomic mass is 19.4. The number of halogens is 3. The molecule has 130 valence electrons. The molecule has 0 N–H and O–H groups in total. The lowest BCUT2D eigenvalue weighted by atomic mass is 10.1. The summed E-state index contributed by atoms with van der Waals surface area (Å²) < 4.78 is 42.1. The predicted molar refractivity (Wildman–Crippen MR) is 86.0 cm³/mol. The summed E-state index contributed by atoms with van der Waals surface area (Å²) in [6.07, 6.45) is -3.14. The third-order valence-corrected chi connectivity index (χ3v) is 4.16. The second kappa shape index (κ2) is 5.59. The van der Waals surface area contributed by atoms with E-state index in [0.717, 1.165) is 10.5 Å². The van der Waals surface area contributed by atoms with Gasteiger partial charge in [0.1, 0.15) is 0 Å². The minimum atomic E-state index is -4.69. The molecule has 0 spiro atoms. The first-order valence-electron chi connectivity index (χ1n) is 7.71. The molecule has 0 aliphatic rings. The standard InChI is InChI=1S/C19H11F3N2O2/c20-19(21,22)13-10-14-17(18(26)12-6-2-1-3-7-12)23-9-5-4-8-15(23)24(14)16(25)11-13/h1-11H. The van der Waals surface area contributed by atoms with E-state index in [9.17, 15) is 23.1 Å². The van der Waals surface area contributed by atoms with E-state index in [1.54, 1.807) is 54.7 Å². The van der Waals surface area contributed by atoms with Crippen molar-refractivity contribution in [3.05, 3.63) is 93.7 Å². The summed E-state index contributed by atoms with van der Waals surface area (Å²) in [5, 5.41) is 13.0. The molecular weight excluding hydrogens is 345 g/mol. The van der Waals surface area contributed by atoms with Crippen LogP contribution in [0.2, 0.25) is 0 Å². The van der Waals surface area contributed by atoms with Crippen molar-refractivity contribution in [1.29, 1.82) is 0 Å². The monoisotopic (exact) mass is 356 g/mol. The van der Waals surface area contributed by atoms with Crippen LogP contribution < -0.4 is 20.4 Å². The minimum absolute atomic E-state index is 0.00926. The summed E-state index contributed by atoms with van der Waals surface area (Å²) in [7, 11) is 0. The van der Waals surface area contributed by atoms with Gasteiger partial charge in [0, 0.05) is 18.2 Å². The van der Waals surface area contributed by atoms with Gasteiger partial charge >= 0.3 is 11.7 Å². The van der Waals surface area contributed by atoms with Gasteiger partial charge in [-0.2, -0.15) is 22.0 Å². The first kappa shape index (κ1) is 16.1. The van der Waals surface area contributed by atoms with Crippen molar-refractivity contribution in [3.8, 4) is 0 Å². The van der Waals surface area contributed by atoms with Gasteiger partial charge in [0.2, 0.25) is 0 Å². The second-order valence-electron chi connectivity index (χ2n) is 5.77. The maximum Gasteiger partial charge on any atom is 0.416 e. The molecule has 0 saturated carbocycles. The van der Waals surface area contributed by atoms with Crippen LogP contribution in [0.15, 0.2) is 71.7 Å². The van der Waals surface area contributed by atoms with Gasteiger partial charge in [-0.3, -0.25) is 0 Å². The van der Waals surface area contributed by atoms with E-state index in [1.807, 2.05) is 0 Å². The van der Waals surface area contributed by atoms with Gasteiger partial charge in [-0.15, -0.1) is 0 Å². The van der Waals surface area contributed by atoms with Crippen molar-refractivity contribution in [1.82, 2.24) is 4.40 Å². The number of imidazole rings is 1. The molecule has 0 fully saturated rings. The molecule has 0 aliphatic heterocycles. The summed E-state index contributed by atoms with van der Waals surface area (Å²) in [5.41, 5.74) is -1.36. The van der Waals surface area contributed by atoms with E-state index in [-0.39, 0.29) is 10.9 Å². The van der Waals surface area contributed by atoms with Gasteiger partial charge in [0.15, 0.2) is 10.9 Å². The molecule has 4 rings (SSSR count). The van der Waals surface area contributed by atoms with E-state index in [2.05, 4.69) is 0 Å². The molecule has 4 nitrogen and oxygen atoms in total. The molecule has 0 amide bonds. The number of hydrogen-bond acceptors (Lipinski definition) is 2. The SMILES string of the molecule is O=c1cc(C(F)(F)F)cc2/c(=C(\[O-])c3ccccc3)[n+]3ccccc3n12. The van der Waals surface area contributed by atoms with Crippen LogP contribution in [0.4, 0.5) is 13.2 Å². The molecular formula is C19H11F3N2O2. The van der Waals surface area contributed by atoms with Crippen LogP contribution in [0.5, 0.6) is 0 Å². The summed E-state index contributed by atoms with van der Waals surface area (Å²) in [4.78, 5) is 12.4. The maximum absolute atomic E-state index is 13.2. The zero-order chi connectivity index (χ0) is 18.5. The van der Waals surface area contributed by atoms with Crippen molar-refractivity contribution in [2.45, 2.75) is 6.18 Å². The van der Waals surface area contributed by atoms with E-state index < -0.39 is 23.1 Å². The van der Waals surface area contributed by atoms with E-state index >= 15 is 0 Å². The molecule has 0 unspecified atom stereocenters. The van der Waals surface area contributed by atoms with Gasteiger partial charge < -0.3 is 5.11 Å². The molecule has 0 saturated heterocycles. The molecule has 26 heavy (non-hydrogen) atoms. The maximum atomic E-state index is 13.2. The Morgan fingerprint density at radius 2 is 1.69 bits per heavy atom. The number of benzene rings is 1. The number of pyridine rings is 2. The van der Waals surface area contributed by atoms with Crippen LogP contribution in [-0.2, 0) is 6.18 Å². The van der Waals surface area contributed by atoms with Crippen LogP contribution in [-0.4, -0.2) is 4.40 Å². The van der Waals surface area contributed by atoms with Gasteiger partial charge in [-0.1, -0.05) is 36.4 Å². The molecule has 3 heterocycles. The fourth-order valence-electron chi connectivity index (χ4n) is 3.02. The zero-order valence-corrected chi connectivity index (χ0v) is 13.2. The number of hydrogen-bond donors (Lipinski definition) is 0. The summed E-state index contributed by atoms with van der Waals surface area (Å²) in [6.45, 7) is 0. The Morgan fingerprint density at radius 1 is 1.00 bits per heavy atom. The number of nitrogens with zero attached hydrogens (tertiary/aromatic N) is 2. The largest absolute Gasteiger partial charge is 0.869 e. The second-order valence-corrected chi connectivity index (χ2v) is 5.77. The highest BCUT2D eigenvalue weighted by molar-refractivity contribution is 5.65. The molecule has 4 aromatic rings. The van der Waals surface area contributed by atoms with E-state index in [0.29, 0.717) is 17.3 Å². The smallest absolute Gasteiger partial charge is 0.416 e. The Hall–Kier alpha value is -3.35. The van der Waals surface area contributed by atoms with Crippen molar-refractivity contribution < 1.29 is 22.7 Å². The molecule has 7 heteroatoms. The van der Waals surface area contributed by atoms with E-state index in [1.165, 1.54) is 4.40 Å². The highest BCUT2D eigenvalue weighted by Crippen LogP contribution is 2.28. The van der Waals surface area contributed by atoms with E-state index in [4.69, 9.17) is 0 Å². The van der Waals surface area contributed by atoms with Crippen molar-refractivity contribution in [3.63, 3.8) is 0 Å². The quantitative estimate of drug-likeness (QED) is 0.483. The van der Waals surface area contributed by atoms with Crippen LogP contribution >= 0.6 is 0 Å². The zero-order valence-electron chi connectivity index (χ0n) is 13.2. The van der Waals surface area contributed by atoms with Gasteiger partial charge in [-0.25, -0.2) is 4.79 Å². The molecule has 1 aromatic carbocycles. The lowest BCUT2D eigenvalue weighted by molar-refractivity contribution is -0.528. The number of fused-ring (bicyclic) bond motifs is 3. The first-order valence-corrected chi connectivity index (χ1v) is 7.71. The lowest BCUT2D eigenvalue weighted by Gasteiger charge is -2.09. The van der Waals surface area contributed by atoms with Gasteiger partial charge in [-0.05, 0) is 17.4 Å². The molecule has 0 aliphatic carbocycles. The first-order chi connectivity index (χ1) is 12.4. The van der Waals surface area contributed by atoms with Crippen LogP contribution in [0.25, 0.3) is 16.9 Å². The highest BCUT2D eigenvalue weighted by Gasteiger charge is 2.33. The van der Waals surface area contributed by atoms with Crippen molar-refractivity contribution >= 4 is 16.9 Å². The summed E-state index contributed by atoms with van der Waals surface area (Å²) in [5.74, 6) is -0.465. The molecule has 0 atom stereocenters. The Kier molecular flexibility index (Phi) is 3.47. The third kappa shape index (κ3) is 2.40. The number of aromatic nitrogens is 2. The Morgan fingerprint density at radius 3 is 2.38 bits per heavy atom. The topological polar surface area (TPSA) is 48.6 Å². The predicted octanol–water partition coefficient (Wildman–Crippen LogP) is 1.29. The Bertz CT molecular complexity index is 1250. The normalized spacial score (nSPS) is 13.3.